The molecule has 1 N–H and O–H groups in total. The summed E-state index contributed by atoms with van der Waals surface area (Å²) in [6.07, 6.45) is 9.48. The molecule has 2 aliphatic rings. The van der Waals surface area contributed by atoms with Gasteiger partial charge in [-0.15, -0.1) is 24.8 Å². The van der Waals surface area contributed by atoms with E-state index in [0.29, 0.717) is 13.2 Å². The fourth-order valence-electron chi connectivity index (χ4n) is 4.44. The van der Waals surface area contributed by atoms with E-state index in [9.17, 15) is 0 Å². The lowest BCUT2D eigenvalue weighted by Gasteiger charge is -2.41. The molecule has 0 bridgehead atoms. The van der Waals surface area contributed by atoms with Gasteiger partial charge in [-0.05, 0) is 62.9 Å². The van der Waals surface area contributed by atoms with Crippen LogP contribution in [0.5, 0.6) is 11.5 Å². The van der Waals surface area contributed by atoms with Gasteiger partial charge in [-0.3, -0.25) is 4.90 Å². The lowest BCUT2D eigenvalue weighted by atomic mass is 9.85. The van der Waals surface area contributed by atoms with Crippen LogP contribution in [0.3, 0.4) is 0 Å². The van der Waals surface area contributed by atoms with E-state index in [1.807, 2.05) is 17.7 Å². The average molecular weight is 457 g/mol. The fourth-order valence-corrected chi connectivity index (χ4v) is 4.44. The van der Waals surface area contributed by atoms with Gasteiger partial charge in [0.1, 0.15) is 6.61 Å². The van der Waals surface area contributed by atoms with Gasteiger partial charge < -0.3 is 19.4 Å². The number of aromatic nitrogens is 2. The highest BCUT2D eigenvalue weighted by atomic mass is 35.5. The summed E-state index contributed by atoms with van der Waals surface area (Å²) in [7, 11) is 0. The Balaban J connectivity index is 0.00000160. The summed E-state index contributed by atoms with van der Waals surface area (Å²) >= 11 is 0. The SMILES string of the molecule is CCOc1cc(CN2CC[C@@H]3NCCC[C@@H]3C2)ccc1OCCn1ccnc1.Cl.Cl. The first-order chi connectivity index (χ1) is 13.8. The molecule has 2 atom stereocenters. The Morgan fingerprint density at radius 3 is 2.87 bits per heavy atom. The van der Waals surface area contributed by atoms with E-state index in [4.69, 9.17) is 9.47 Å². The molecule has 2 aliphatic heterocycles. The van der Waals surface area contributed by atoms with E-state index < -0.39 is 0 Å². The number of nitrogens with one attached hydrogen (secondary N) is 1. The Bertz CT molecular complexity index is 745. The Morgan fingerprint density at radius 1 is 1.17 bits per heavy atom. The molecule has 1 aromatic heterocycles. The third kappa shape index (κ3) is 6.51. The topological polar surface area (TPSA) is 51.6 Å². The van der Waals surface area contributed by atoms with Gasteiger partial charge in [0.05, 0.1) is 19.5 Å². The summed E-state index contributed by atoms with van der Waals surface area (Å²) in [5.74, 6) is 2.47. The molecule has 2 saturated heterocycles. The predicted octanol–water partition coefficient (Wildman–Crippen LogP) is 3.78. The van der Waals surface area contributed by atoms with Crippen LogP contribution in [0.15, 0.2) is 36.9 Å². The van der Waals surface area contributed by atoms with E-state index >= 15 is 0 Å². The van der Waals surface area contributed by atoms with E-state index in [2.05, 4.69) is 33.4 Å². The lowest BCUT2D eigenvalue weighted by Crippen LogP contribution is -2.51. The van der Waals surface area contributed by atoms with Crippen molar-refractivity contribution in [1.29, 1.82) is 0 Å². The molecule has 0 saturated carbocycles. The van der Waals surface area contributed by atoms with Crippen molar-refractivity contribution < 1.29 is 9.47 Å². The van der Waals surface area contributed by atoms with E-state index in [0.717, 1.165) is 36.5 Å². The van der Waals surface area contributed by atoms with Gasteiger partial charge in [0.2, 0.25) is 0 Å². The van der Waals surface area contributed by atoms with Crippen molar-refractivity contribution in [2.24, 2.45) is 5.92 Å². The van der Waals surface area contributed by atoms with Crippen LogP contribution in [0.4, 0.5) is 0 Å². The monoisotopic (exact) mass is 456 g/mol. The summed E-state index contributed by atoms with van der Waals surface area (Å²) < 4.78 is 13.9. The number of piperidine rings is 2. The molecule has 6 nitrogen and oxygen atoms in total. The zero-order valence-corrected chi connectivity index (χ0v) is 19.3. The number of ether oxygens (including phenoxy) is 2. The highest BCUT2D eigenvalue weighted by molar-refractivity contribution is 5.85. The molecule has 168 valence electrons. The van der Waals surface area contributed by atoms with Crippen LogP contribution in [0.25, 0.3) is 0 Å². The van der Waals surface area contributed by atoms with E-state index in [-0.39, 0.29) is 24.8 Å². The number of halogens is 2. The molecule has 2 aromatic rings. The molecule has 30 heavy (non-hydrogen) atoms. The number of hydrogen-bond donors (Lipinski definition) is 1. The maximum absolute atomic E-state index is 5.98. The number of imidazole rings is 1. The number of hydrogen-bond acceptors (Lipinski definition) is 5. The summed E-state index contributed by atoms with van der Waals surface area (Å²) in [5.41, 5.74) is 1.30. The lowest BCUT2D eigenvalue weighted by molar-refractivity contribution is 0.109. The number of nitrogens with zero attached hydrogens (tertiary/aromatic N) is 3. The maximum atomic E-state index is 5.98. The summed E-state index contributed by atoms with van der Waals surface area (Å²) in [6.45, 7) is 8.57. The largest absolute Gasteiger partial charge is 0.490 e. The average Bonchev–Trinajstić information content (AvgIpc) is 3.23. The molecule has 3 heterocycles. The van der Waals surface area contributed by atoms with Crippen molar-refractivity contribution in [3.8, 4) is 11.5 Å². The number of fused-ring (bicyclic) bond motifs is 1. The van der Waals surface area contributed by atoms with Crippen LogP contribution in [-0.4, -0.2) is 53.3 Å². The van der Waals surface area contributed by atoms with Crippen LogP contribution < -0.4 is 14.8 Å². The van der Waals surface area contributed by atoms with Crippen molar-refractivity contribution >= 4 is 24.8 Å². The van der Waals surface area contributed by atoms with Crippen LogP contribution >= 0.6 is 24.8 Å². The molecule has 0 aliphatic carbocycles. The first-order valence-corrected chi connectivity index (χ1v) is 10.6. The second-order valence-electron chi connectivity index (χ2n) is 7.85. The molecular weight excluding hydrogens is 423 g/mol. The summed E-state index contributed by atoms with van der Waals surface area (Å²) in [6, 6.07) is 7.13. The molecule has 0 amide bonds. The number of benzene rings is 1. The van der Waals surface area contributed by atoms with Gasteiger partial charge in [-0.2, -0.15) is 0 Å². The minimum Gasteiger partial charge on any atom is -0.490 e. The van der Waals surface area contributed by atoms with Gasteiger partial charge in [0.25, 0.3) is 0 Å². The second-order valence-corrected chi connectivity index (χ2v) is 7.85. The zero-order chi connectivity index (χ0) is 19.2. The van der Waals surface area contributed by atoms with Crippen LogP contribution in [0, 0.1) is 5.92 Å². The molecule has 0 spiro atoms. The Hall–Kier alpha value is -1.47. The van der Waals surface area contributed by atoms with Gasteiger partial charge in [-0.25, -0.2) is 4.98 Å². The molecule has 0 unspecified atom stereocenters. The van der Waals surface area contributed by atoms with Crippen LogP contribution in [0.2, 0.25) is 0 Å². The Morgan fingerprint density at radius 2 is 2.07 bits per heavy atom. The summed E-state index contributed by atoms with van der Waals surface area (Å²) in [4.78, 5) is 6.66. The van der Waals surface area contributed by atoms with E-state index in [1.165, 1.54) is 44.5 Å². The summed E-state index contributed by atoms with van der Waals surface area (Å²) in [5, 5.41) is 3.70. The molecule has 2 fully saturated rings. The molecule has 8 heteroatoms. The smallest absolute Gasteiger partial charge is 0.161 e. The number of likely N-dealkylation sites (tertiary alicyclic amines) is 1. The normalized spacial score (nSPS) is 21.1. The van der Waals surface area contributed by atoms with Gasteiger partial charge in [-0.1, -0.05) is 6.07 Å². The van der Waals surface area contributed by atoms with Crippen molar-refractivity contribution in [3.05, 3.63) is 42.5 Å². The van der Waals surface area contributed by atoms with Gasteiger partial charge >= 0.3 is 0 Å². The van der Waals surface area contributed by atoms with Crippen LogP contribution in [0.1, 0.15) is 31.7 Å². The van der Waals surface area contributed by atoms with Crippen LogP contribution in [-0.2, 0) is 13.1 Å². The molecule has 0 radical (unpaired) electrons. The highest BCUT2D eigenvalue weighted by Gasteiger charge is 2.30. The quantitative estimate of drug-likeness (QED) is 0.654. The molecule has 4 rings (SSSR count). The van der Waals surface area contributed by atoms with Crippen molar-refractivity contribution in [2.75, 3.05) is 32.8 Å². The molecular formula is C22H34Cl2N4O2. The predicted molar refractivity (Wildman–Crippen MR) is 124 cm³/mol. The second kappa shape index (κ2) is 12.4. The third-order valence-electron chi connectivity index (χ3n) is 5.86. The Labute approximate surface area is 192 Å². The Kier molecular flexibility index (Phi) is 10.2. The van der Waals surface area contributed by atoms with Gasteiger partial charge in [0.15, 0.2) is 11.5 Å². The minimum atomic E-state index is 0. The zero-order valence-electron chi connectivity index (χ0n) is 17.7. The van der Waals surface area contributed by atoms with Crippen molar-refractivity contribution in [2.45, 2.75) is 45.3 Å². The highest BCUT2D eigenvalue weighted by Crippen LogP contribution is 2.30. The van der Waals surface area contributed by atoms with E-state index in [1.54, 1.807) is 12.5 Å². The standard InChI is InChI=1S/C22H32N4O2.2ClH/c1-2-27-22-14-18(5-6-21(22)28-13-12-25-11-9-23-17-25)15-26-10-7-20-19(16-26)4-3-8-24-20;;/h5-6,9,11,14,17,19-20,24H,2-4,7-8,10,12-13,15-16H2,1H3;2*1H/t19-,20+;;/m1../s1. The van der Waals surface area contributed by atoms with Crippen molar-refractivity contribution in [1.82, 2.24) is 19.8 Å². The number of rotatable bonds is 8. The van der Waals surface area contributed by atoms with Gasteiger partial charge in [0, 0.05) is 31.5 Å². The first-order valence-electron chi connectivity index (χ1n) is 10.6. The third-order valence-corrected chi connectivity index (χ3v) is 5.86. The minimum absolute atomic E-state index is 0. The fraction of sp³-hybridized carbons (Fsp3) is 0.591. The molecule has 1 aromatic carbocycles. The maximum Gasteiger partial charge on any atom is 0.161 e. The first kappa shape index (κ1) is 24.8. The van der Waals surface area contributed by atoms with Crippen molar-refractivity contribution in [3.63, 3.8) is 0 Å².